The molecule has 4 N–H and O–H groups in total. The molecule has 7 nitrogen and oxygen atoms in total. The maximum absolute atomic E-state index is 11.6. The number of aryl methyl sites for hydroxylation is 2. The summed E-state index contributed by atoms with van der Waals surface area (Å²) in [5, 5.41) is 22.3. The SMILES string of the molecule is Cc1cc(C(C)NC(=O)N[C@@H](CO)C(=O)O)c(C)o1. The molecular weight excluding hydrogens is 252 g/mol. The first-order valence-corrected chi connectivity index (χ1v) is 5.82. The number of carbonyl (C=O) groups excluding carboxylic acids is 1. The van der Waals surface area contributed by atoms with Gasteiger partial charge < -0.3 is 25.3 Å². The Morgan fingerprint density at radius 2 is 2.00 bits per heavy atom. The zero-order valence-corrected chi connectivity index (χ0v) is 11.1. The van der Waals surface area contributed by atoms with Crippen LogP contribution in [0.1, 0.15) is 30.0 Å². The number of urea groups is 1. The smallest absolute Gasteiger partial charge is 0.328 e. The second-order valence-electron chi connectivity index (χ2n) is 4.28. The molecule has 1 unspecified atom stereocenters. The van der Waals surface area contributed by atoms with Crippen molar-refractivity contribution in [3.63, 3.8) is 0 Å². The van der Waals surface area contributed by atoms with Crippen molar-refractivity contribution < 1.29 is 24.2 Å². The van der Waals surface area contributed by atoms with Crippen molar-refractivity contribution in [1.29, 1.82) is 0 Å². The third-order valence-electron chi connectivity index (χ3n) is 2.68. The number of aliphatic hydroxyl groups is 1. The van der Waals surface area contributed by atoms with Crippen molar-refractivity contribution in [2.75, 3.05) is 6.61 Å². The van der Waals surface area contributed by atoms with Gasteiger partial charge in [-0.25, -0.2) is 9.59 Å². The maximum Gasteiger partial charge on any atom is 0.328 e. The molecule has 0 saturated heterocycles. The van der Waals surface area contributed by atoms with Gasteiger partial charge in [0.1, 0.15) is 11.5 Å². The Morgan fingerprint density at radius 1 is 1.37 bits per heavy atom. The zero-order valence-electron chi connectivity index (χ0n) is 11.1. The molecule has 0 aliphatic heterocycles. The molecule has 0 spiro atoms. The van der Waals surface area contributed by atoms with Gasteiger partial charge in [-0.2, -0.15) is 0 Å². The normalized spacial score (nSPS) is 13.7. The second kappa shape index (κ2) is 6.24. The third-order valence-corrected chi connectivity index (χ3v) is 2.68. The first-order valence-electron chi connectivity index (χ1n) is 5.82. The predicted octanol–water partition coefficient (Wildman–Crippen LogP) is 0.702. The minimum atomic E-state index is -1.32. The van der Waals surface area contributed by atoms with Gasteiger partial charge in [0.2, 0.25) is 0 Å². The summed E-state index contributed by atoms with van der Waals surface area (Å²) in [7, 11) is 0. The Balaban J connectivity index is 2.62. The van der Waals surface area contributed by atoms with Crippen LogP contribution in [0.2, 0.25) is 0 Å². The Labute approximate surface area is 110 Å². The molecule has 0 saturated carbocycles. The summed E-state index contributed by atoms with van der Waals surface area (Å²) in [6, 6.07) is -0.502. The fraction of sp³-hybridized carbons (Fsp3) is 0.500. The summed E-state index contributed by atoms with van der Waals surface area (Å²) in [5.74, 6) is 0.142. The molecule has 2 atom stereocenters. The highest BCUT2D eigenvalue weighted by molar-refractivity contribution is 5.82. The lowest BCUT2D eigenvalue weighted by atomic mass is 10.1. The lowest BCUT2D eigenvalue weighted by Gasteiger charge is -2.16. The Morgan fingerprint density at radius 3 is 2.42 bits per heavy atom. The van der Waals surface area contributed by atoms with Crippen LogP contribution in [0, 0.1) is 13.8 Å². The van der Waals surface area contributed by atoms with E-state index in [0.29, 0.717) is 5.76 Å². The molecule has 1 rings (SSSR count). The van der Waals surface area contributed by atoms with Gasteiger partial charge in [-0.05, 0) is 26.8 Å². The van der Waals surface area contributed by atoms with Crippen molar-refractivity contribution in [1.82, 2.24) is 10.6 Å². The zero-order chi connectivity index (χ0) is 14.6. The molecule has 1 aromatic heterocycles. The Hall–Kier alpha value is -2.02. The number of amides is 2. The van der Waals surface area contributed by atoms with Crippen LogP contribution in [0.4, 0.5) is 4.79 Å². The van der Waals surface area contributed by atoms with Crippen molar-refractivity contribution in [2.45, 2.75) is 32.9 Å². The van der Waals surface area contributed by atoms with E-state index in [1.807, 2.05) is 0 Å². The van der Waals surface area contributed by atoms with Crippen LogP contribution in [-0.4, -0.2) is 34.9 Å². The number of nitrogens with one attached hydrogen (secondary N) is 2. The lowest BCUT2D eigenvalue weighted by molar-refractivity contribution is -0.140. The van der Waals surface area contributed by atoms with Gasteiger partial charge in [-0.1, -0.05) is 0 Å². The van der Waals surface area contributed by atoms with E-state index in [1.54, 1.807) is 26.8 Å². The number of carboxylic acid groups (broad SMARTS) is 1. The van der Waals surface area contributed by atoms with Gasteiger partial charge >= 0.3 is 12.0 Å². The summed E-state index contributed by atoms with van der Waals surface area (Å²) in [5.41, 5.74) is 0.823. The monoisotopic (exact) mass is 270 g/mol. The van der Waals surface area contributed by atoms with E-state index in [0.717, 1.165) is 11.3 Å². The fourth-order valence-electron chi connectivity index (χ4n) is 1.74. The van der Waals surface area contributed by atoms with E-state index in [2.05, 4.69) is 10.6 Å². The van der Waals surface area contributed by atoms with Crippen LogP contribution < -0.4 is 10.6 Å². The van der Waals surface area contributed by atoms with Gasteiger partial charge in [-0.3, -0.25) is 0 Å². The summed E-state index contributed by atoms with van der Waals surface area (Å²) in [6.07, 6.45) is 0. The molecule has 0 bridgehead atoms. The summed E-state index contributed by atoms with van der Waals surface area (Å²) >= 11 is 0. The first-order chi connectivity index (χ1) is 8.85. The number of furan rings is 1. The number of aliphatic carboxylic acids is 1. The standard InChI is InChI=1S/C12H18N2O5/c1-6-4-9(8(3)19-6)7(2)13-12(18)14-10(5-15)11(16)17/h4,7,10,15H,5H2,1-3H3,(H,16,17)(H2,13,14,18)/t7?,10-/m0/s1. The van der Waals surface area contributed by atoms with Gasteiger partial charge in [0.15, 0.2) is 6.04 Å². The van der Waals surface area contributed by atoms with Gasteiger partial charge in [-0.15, -0.1) is 0 Å². The highest BCUT2D eigenvalue weighted by Gasteiger charge is 2.21. The van der Waals surface area contributed by atoms with Crippen molar-refractivity contribution in [3.8, 4) is 0 Å². The maximum atomic E-state index is 11.6. The Bertz CT molecular complexity index is 469. The van der Waals surface area contributed by atoms with E-state index in [9.17, 15) is 9.59 Å². The van der Waals surface area contributed by atoms with Crippen LogP contribution in [-0.2, 0) is 4.79 Å². The molecule has 0 radical (unpaired) electrons. The Kier molecular flexibility index (Phi) is 4.94. The minimum absolute atomic E-state index is 0.328. The molecule has 2 amide bonds. The second-order valence-corrected chi connectivity index (χ2v) is 4.28. The highest BCUT2D eigenvalue weighted by atomic mass is 16.4. The van der Waals surface area contributed by atoms with Crippen LogP contribution >= 0.6 is 0 Å². The van der Waals surface area contributed by atoms with E-state index in [4.69, 9.17) is 14.6 Å². The topological polar surface area (TPSA) is 112 Å². The van der Waals surface area contributed by atoms with Gasteiger partial charge in [0, 0.05) is 5.56 Å². The molecule has 1 heterocycles. The number of rotatable bonds is 5. The third kappa shape index (κ3) is 3.99. The van der Waals surface area contributed by atoms with E-state index >= 15 is 0 Å². The van der Waals surface area contributed by atoms with Crippen molar-refractivity contribution in [3.05, 3.63) is 23.2 Å². The van der Waals surface area contributed by atoms with Crippen LogP contribution in [0.15, 0.2) is 10.5 Å². The van der Waals surface area contributed by atoms with Crippen LogP contribution in [0.25, 0.3) is 0 Å². The number of hydrogen-bond acceptors (Lipinski definition) is 4. The quantitative estimate of drug-likeness (QED) is 0.629. The summed E-state index contributed by atoms with van der Waals surface area (Å²) in [4.78, 5) is 22.3. The summed E-state index contributed by atoms with van der Waals surface area (Å²) < 4.78 is 5.35. The number of aliphatic hydroxyl groups excluding tert-OH is 1. The first kappa shape index (κ1) is 15.0. The van der Waals surface area contributed by atoms with E-state index in [-0.39, 0.29) is 6.04 Å². The molecule has 7 heteroatoms. The molecule has 0 aromatic carbocycles. The molecule has 0 fully saturated rings. The molecule has 0 aliphatic carbocycles. The summed E-state index contributed by atoms with van der Waals surface area (Å²) in [6.45, 7) is 4.67. The highest BCUT2D eigenvalue weighted by Crippen LogP contribution is 2.20. The lowest BCUT2D eigenvalue weighted by Crippen LogP contribution is -2.48. The minimum Gasteiger partial charge on any atom is -0.480 e. The fourth-order valence-corrected chi connectivity index (χ4v) is 1.74. The van der Waals surface area contributed by atoms with E-state index < -0.39 is 24.6 Å². The average Bonchev–Trinajstić information content (AvgIpc) is 2.65. The van der Waals surface area contributed by atoms with E-state index in [1.165, 1.54) is 0 Å². The largest absolute Gasteiger partial charge is 0.480 e. The van der Waals surface area contributed by atoms with Crippen LogP contribution in [0.3, 0.4) is 0 Å². The van der Waals surface area contributed by atoms with Crippen molar-refractivity contribution in [2.24, 2.45) is 0 Å². The van der Waals surface area contributed by atoms with Gasteiger partial charge in [0.05, 0.1) is 12.6 Å². The number of carboxylic acids is 1. The van der Waals surface area contributed by atoms with Crippen LogP contribution in [0.5, 0.6) is 0 Å². The molecule has 19 heavy (non-hydrogen) atoms. The molecule has 0 aliphatic rings. The van der Waals surface area contributed by atoms with Gasteiger partial charge in [0.25, 0.3) is 0 Å². The molecule has 1 aromatic rings. The number of carbonyl (C=O) groups is 2. The molecule has 106 valence electrons. The number of hydrogen-bond donors (Lipinski definition) is 4. The van der Waals surface area contributed by atoms with Crippen molar-refractivity contribution >= 4 is 12.0 Å². The molecular formula is C12H18N2O5. The predicted molar refractivity (Wildman–Crippen MR) is 66.8 cm³/mol. The average molecular weight is 270 g/mol.